The summed E-state index contributed by atoms with van der Waals surface area (Å²) < 4.78 is 10.2. The molecule has 0 aliphatic heterocycles. The molecular formula is C12H17N3O3. The van der Waals surface area contributed by atoms with E-state index in [2.05, 4.69) is 20.0 Å². The van der Waals surface area contributed by atoms with Crippen LogP contribution < -0.4 is 10.1 Å². The van der Waals surface area contributed by atoms with Crippen molar-refractivity contribution in [2.45, 2.75) is 18.9 Å². The van der Waals surface area contributed by atoms with Crippen LogP contribution in [0.15, 0.2) is 12.4 Å². The first-order valence-corrected chi connectivity index (χ1v) is 5.94. The summed E-state index contributed by atoms with van der Waals surface area (Å²) in [5.74, 6) is 0.539. The fourth-order valence-corrected chi connectivity index (χ4v) is 2.00. The van der Waals surface area contributed by atoms with Crippen molar-refractivity contribution in [3.05, 3.63) is 18.1 Å². The van der Waals surface area contributed by atoms with E-state index in [-0.39, 0.29) is 11.8 Å². The Morgan fingerprint density at radius 1 is 1.50 bits per heavy atom. The lowest BCUT2D eigenvalue weighted by Crippen LogP contribution is -2.38. The zero-order valence-electron chi connectivity index (χ0n) is 10.5. The molecule has 1 aliphatic carbocycles. The molecule has 0 aromatic carbocycles. The van der Waals surface area contributed by atoms with Crippen LogP contribution in [0.3, 0.4) is 0 Å². The van der Waals surface area contributed by atoms with Gasteiger partial charge in [0.1, 0.15) is 6.10 Å². The van der Waals surface area contributed by atoms with Gasteiger partial charge in [0.2, 0.25) is 5.88 Å². The molecule has 1 aliphatic rings. The molecule has 6 heteroatoms. The maximum Gasteiger partial charge on any atom is 0.358 e. The van der Waals surface area contributed by atoms with E-state index >= 15 is 0 Å². The molecule has 1 fully saturated rings. The third-order valence-electron chi connectivity index (χ3n) is 2.98. The summed E-state index contributed by atoms with van der Waals surface area (Å²) in [7, 11) is 3.26. The number of ether oxygens (including phenoxy) is 2. The van der Waals surface area contributed by atoms with Gasteiger partial charge in [-0.2, -0.15) is 0 Å². The molecule has 0 bridgehead atoms. The highest BCUT2D eigenvalue weighted by Gasteiger charge is 2.30. The molecule has 0 amide bonds. The molecule has 0 radical (unpaired) electrons. The van der Waals surface area contributed by atoms with Gasteiger partial charge in [0.15, 0.2) is 5.69 Å². The van der Waals surface area contributed by atoms with Crippen LogP contribution >= 0.6 is 0 Å². The van der Waals surface area contributed by atoms with Crippen molar-refractivity contribution in [1.82, 2.24) is 15.3 Å². The van der Waals surface area contributed by atoms with Crippen molar-refractivity contribution >= 4 is 5.97 Å². The number of nitrogens with zero attached hydrogens (tertiary/aromatic N) is 2. The number of aromatic nitrogens is 2. The molecular weight excluding hydrogens is 234 g/mol. The van der Waals surface area contributed by atoms with Crippen LogP contribution in [0.5, 0.6) is 5.88 Å². The molecule has 0 saturated heterocycles. The van der Waals surface area contributed by atoms with Gasteiger partial charge in [-0.15, -0.1) is 0 Å². The van der Waals surface area contributed by atoms with E-state index in [9.17, 15) is 4.79 Å². The largest absolute Gasteiger partial charge is 0.473 e. The number of hydrogen-bond donors (Lipinski definition) is 1. The van der Waals surface area contributed by atoms with Crippen LogP contribution in [0.2, 0.25) is 0 Å². The predicted octanol–water partition coefficient (Wildman–Crippen LogP) is 0.640. The lowest BCUT2D eigenvalue weighted by atomic mass is 9.82. The van der Waals surface area contributed by atoms with Gasteiger partial charge < -0.3 is 14.8 Å². The number of rotatable bonds is 5. The standard InChI is InChI=1S/C12H17N3O3/c1-13-5-8-3-9(4-8)18-11-7-14-6-10(15-11)12(16)17-2/h6-9,13H,3-5H2,1-2H3. The van der Waals surface area contributed by atoms with Crippen LogP contribution in [0.1, 0.15) is 23.3 Å². The van der Waals surface area contributed by atoms with E-state index in [4.69, 9.17) is 4.74 Å². The second kappa shape index (κ2) is 5.77. The van der Waals surface area contributed by atoms with Gasteiger partial charge in [-0.3, -0.25) is 4.98 Å². The van der Waals surface area contributed by atoms with Crippen LogP contribution in [0, 0.1) is 5.92 Å². The average molecular weight is 251 g/mol. The first-order chi connectivity index (χ1) is 8.72. The zero-order valence-corrected chi connectivity index (χ0v) is 10.5. The summed E-state index contributed by atoms with van der Waals surface area (Å²) in [5, 5.41) is 3.14. The number of carbonyl (C=O) groups is 1. The van der Waals surface area contributed by atoms with Crippen molar-refractivity contribution in [2.75, 3.05) is 20.7 Å². The van der Waals surface area contributed by atoms with Gasteiger partial charge in [-0.1, -0.05) is 0 Å². The van der Waals surface area contributed by atoms with Crippen LogP contribution in [0.4, 0.5) is 0 Å². The molecule has 1 aromatic heterocycles. The smallest absolute Gasteiger partial charge is 0.358 e. The van der Waals surface area contributed by atoms with Crippen molar-refractivity contribution in [3.8, 4) is 5.88 Å². The first kappa shape index (κ1) is 12.8. The van der Waals surface area contributed by atoms with E-state index < -0.39 is 5.97 Å². The molecule has 0 spiro atoms. The molecule has 6 nitrogen and oxygen atoms in total. The van der Waals surface area contributed by atoms with Crippen molar-refractivity contribution in [2.24, 2.45) is 5.92 Å². The van der Waals surface area contributed by atoms with Crippen molar-refractivity contribution < 1.29 is 14.3 Å². The minimum absolute atomic E-state index is 0.168. The molecule has 2 rings (SSSR count). The second-order valence-corrected chi connectivity index (χ2v) is 4.37. The number of methoxy groups -OCH3 is 1. The number of hydrogen-bond acceptors (Lipinski definition) is 6. The lowest BCUT2D eigenvalue weighted by molar-refractivity contribution is 0.0555. The minimum atomic E-state index is -0.505. The number of esters is 1. The summed E-state index contributed by atoms with van der Waals surface area (Å²) in [6.07, 6.45) is 5.06. The fourth-order valence-electron chi connectivity index (χ4n) is 2.00. The second-order valence-electron chi connectivity index (χ2n) is 4.37. The summed E-state index contributed by atoms with van der Waals surface area (Å²) in [6, 6.07) is 0. The highest BCUT2D eigenvalue weighted by Crippen LogP contribution is 2.30. The highest BCUT2D eigenvalue weighted by molar-refractivity contribution is 5.86. The topological polar surface area (TPSA) is 73.3 Å². The number of carbonyl (C=O) groups excluding carboxylic acids is 1. The molecule has 0 unspecified atom stereocenters. The fraction of sp³-hybridized carbons (Fsp3) is 0.583. The van der Waals surface area contributed by atoms with Gasteiger partial charge in [0, 0.05) is 0 Å². The van der Waals surface area contributed by atoms with E-state index in [1.807, 2.05) is 7.05 Å². The molecule has 18 heavy (non-hydrogen) atoms. The Morgan fingerprint density at radius 2 is 2.28 bits per heavy atom. The maximum absolute atomic E-state index is 11.3. The normalized spacial score (nSPS) is 22.1. The van der Waals surface area contributed by atoms with Crippen LogP contribution in [-0.2, 0) is 4.74 Å². The van der Waals surface area contributed by atoms with E-state index in [0.717, 1.165) is 19.4 Å². The Labute approximate surface area is 106 Å². The molecule has 0 atom stereocenters. The van der Waals surface area contributed by atoms with E-state index in [0.29, 0.717) is 11.8 Å². The van der Waals surface area contributed by atoms with Gasteiger partial charge in [-0.25, -0.2) is 9.78 Å². The Hall–Kier alpha value is -1.69. The molecule has 1 saturated carbocycles. The van der Waals surface area contributed by atoms with Gasteiger partial charge in [0.05, 0.1) is 19.5 Å². The van der Waals surface area contributed by atoms with E-state index in [1.165, 1.54) is 19.5 Å². The quantitative estimate of drug-likeness (QED) is 0.774. The van der Waals surface area contributed by atoms with Crippen molar-refractivity contribution in [1.29, 1.82) is 0 Å². The maximum atomic E-state index is 11.3. The van der Waals surface area contributed by atoms with E-state index in [1.54, 1.807) is 0 Å². The average Bonchev–Trinajstić information content (AvgIpc) is 2.36. The Kier molecular flexibility index (Phi) is 4.09. The predicted molar refractivity (Wildman–Crippen MR) is 64.4 cm³/mol. The summed E-state index contributed by atoms with van der Waals surface area (Å²) >= 11 is 0. The minimum Gasteiger partial charge on any atom is -0.473 e. The zero-order chi connectivity index (χ0) is 13.0. The SMILES string of the molecule is CNCC1CC(Oc2cncc(C(=O)OC)n2)C1. The third kappa shape index (κ3) is 2.95. The van der Waals surface area contributed by atoms with Crippen LogP contribution in [0.25, 0.3) is 0 Å². The monoisotopic (exact) mass is 251 g/mol. The van der Waals surface area contributed by atoms with Gasteiger partial charge in [-0.05, 0) is 32.4 Å². The molecule has 1 heterocycles. The number of nitrogens with one attached hydrogen (secondary N) is 1. The highest BCUT2D eigenvalue weighted by atomic mass is 16.5. The summed E-state index contributed by atoms with van der Waals surface area (Å²) in [4.78, 5) is 19.3. The molecule has 1 aromatic rings. The molecule has 98 valence electrons. The summed E-state index contributed by atoms with van der Waals surface area (Å²) in [5.41, 5.74) is 0.168. The molecule has 1 N–H and O–H groups in total. The van der Waals surface area contributed by atoms with Crippen molar-refractivity contribution in [3.63, 3.8) is 0 Å². The van der Waals surface area contributed by atoms with Gasteiger partial charge >= 0.3 is 5.97 Å². The Morgan fingerprint density at radius 3 is 2.94 bits per heavy atom. The first-order valence-electron chi connectivity index (χ1n) is 5.94. The summed E-state index contributed by atoms with van der Waals surface area (Å²) in [6.45, 7) is 1.01. The third-order valence-corrected chi connectivity index (χ3v) is 2.98. The van der Waals surface area contributed by atoms with Gasteiger partial charge in [0.25, 0.3) is 0 Å². The Balaban J connectivity index is 1.89. The Bertz CT molecular complexity index is 419. The van der Waals surface area contributed by atoms with Crippen LogP contribution in [-0.4, -0.2) is 42.7 Å². The lowest BCUT2D eigenvalue weighted by Gasteiger charge is -2.34.